The van der Waals surface area contributed by atoms with Gasteiger partial charge in [-0.25, -0.2) is 0 Å². The van der Waals surface area contributed by atoms with Crippen molar-refractivity contribution in [2.24, 2.45) is 0 Å². The highest BCUT2D eigenvalue weighted by Gasteiger charge is 2.24. The number of hydrogen-bond acceptors (Lipinski definition) is 2. The zero-order valence-corrected chi connectivity index (χ0v) is 8.13. The SMILES string of the molecule is CNC1CCC(C)N(C)C(=O)C1. The Morgan fingerprint density at radius 1 is 1.50 bits per heavy atom. The van der Waals surface area contributed by atoms with E-state index >= 15 is 0 Å². The standard InChI is InChI=1S/C9H18N2O/c1-7-4-5-8(10-2)6-9(12)11(7)3/h7-8,10H,4-6H2,1-3H3. The number of rotatable bonds is 1. The van der Waals surface area contributed by atoms with Gasteiger partial charge in [0.05, 0.1) is 0 Å². The molecule has 2 unspecified atom stereocenters. The van der Waals surface area contributed by atoms with E-state index in [2.05, 4.69) is 12.2 Å². The lowest BCUT2D eigenvalue weighted by Gasteiger charge is -2.21. The van der Waals surface area contributed by atoms with Crippen molar-refractivity contribution in [1.29, 1.82) is 0 Å². The predicted octanol–water partition coefficient (Wildman–Crippen LogP) is 0.605. The fraction of sp³-hybridized carbons (Fsp3) is 0.889. The summed E-state index contributed by atoms with van der Waals surface area (Å²) in [4.78, 5) is 13.3. The molecular weight excluding hydrogens is 152 g/mol. The van der Waals surface area contributed by atoms with E-state index in [1.54, 1.807) is 0 Å². The molecule has 0 spiro atoms. The summed E-state index contributed by atoms with van der Waals surface area (Å²) >= 11 is 0. The summed E-state index contributed by atoms with van der Waals surface area (Å²) in [5.74, 6) is 0.263. The monoisotopic (exact) mass is 170 g/mol. The number of nitrogens with one attached hydrogen (secondary N) is 1. The first-order valence-electron chi connectivity index (χ1n) is 4.58. The molecule has 1 rings (SSSR count). The van der Waals surface area contributed by atoms with Crippen LogP contribution in [0.3, 0.4) is 0 Å². The molecule has 1 aliphatic rings. The van der Waals surface area contributed by atoms with Crippen LogP contribution in [-0.2, 0) is 4.79 Å². The summed E-state index contributed by atoms with van der Waals surface area (Å²) in [5, 5.41) is 3.17. The molecule has 1 fully saturated rings. The molecule has 1 amide bonds. The van der Waals surface area contributed by atoms with Crippen molar-refractivity contribution in [1.82, 2.24) is 10.2 Å². The molecule has 0 bridgehead atoms. The normalized spacial score (nSPS) is 31.9. The Hall–Kier alpha value is -0.570. The van der Waals surface area contributed by atoms with E-state index in [0.29, 0.717) is 18.5 Å². The van der Waals surface area contributed by atoms with Crippen molar-refractivity contribution >= 4 is 5.91 Å². The van der Waals surface area contributed by atoms with Gasteiger partial charge >= 0.3 is 0 Å². The summed E-state index contributed by atoms with van der Waals surface area (Å²) < 4.78 is 0. The third-order valence-corrected chi connectivity index (χ3v) is 2.82. The van der Waals surface area contributed by atoms with E-state index in [-0.39, 0.29) is 5.91 Å². The van der Waals surface area contributed by atoms with E-state index in [0.717, 1.165) is 12.8 Å². The largest absolute Gasteiger partial charge is 0.343 e. The van der Waals surface area contributed by atoms with Crippen LogP contribution >= 0.6 is 0 Å². The third kappa shape index (κ3) is 1.97. The van der Waals surface area contributed by atoms with Crippen molar-refractivity contribution in [3.05, 3.63) is 0 Å². The van der Waals surface area contributed by atoms with Gasteiger partial charge in [0.1, 0.15) is 0 Å². The lowest BCUT2D eigenvalue weighted by molar-refractivity contribution is -0.131. The zero-order chi connectivity index (χ0) is 9.14. The van der Waals surface area contributed by atoms with Crippen LogP contribution in [0.5, 0.6) is 0 Å². The number of carbonyl (C=O) groups excluding carboxylic acids is 1. The molecule has 3 nitrogen and oxygen atoms in total. The Morgan fingerprint density at radius 3 is 2.75 bits per heavy atom. The van der Waals surface area contributed by atoms with Gasteiger partial charge in [-0.2, -0.15) is 0 Å². The summed E-state index contributed by atoms with van der Waals surface area (Å²) in [7, 11) is 3.82. The summed E-state index contributed by atoms with van der Waals surface area (Å²) in [6, 6.07) is 0.778. The van der Waals surface area contributed by atoms with E-state index in [9.17, 15) is 4.79 Å². The Balaban J connectivity index is 2.59. The maximum Gasteiger partial charge on any atom is 0.224 e. The van der Waals surface area contributed by atoms with Crippen molar-refractivity contribution in [3.63, 3.8) is 0 Å². The Kier molecular flexibility index (Phi) is 3.09. The lowest BCUT2D eigenvalue weighted by Crippen LogP contribution is -2.34. The molecule has 1 saturated heterocycles. The van der Waals surface area contributed by atoms with E-state index in [1.165, 1.54) is 0 Å². The van der Waals surface area contributed by atoms with Crippen LogP contribution in [0, 0.1) is 0 Å². The Labute approximate surface area is 74.1 Å². The maximum atomic E-state index is 11.5. The second-order valence-corrected chi connectivity index (χ2v) is 3.62. The van der Waals surface area contributed by atoms with Gasteiger partial charge in [-0.15, -0.1) is 0 Å². The van der Waals surface area contributed by atoms with Gasteiger partial charge in [-0.1, -0.05) is 0 Å². The second kappa shape index (κ2) is 3.90. The molecule has 1 N–H and O–H groups in total. The molecule has 1 aliphatic heterocycles. The fourth-order valence-corrected chi connectivity index (χ4v) is 1.59. The van der Waals surface area contributed by atoms with Gasteiger partial charge in [0, 0.05) is 25.6 Å². The quantitative estimate of drug-likeness (QED) is 0.625. The molecule has 0 aromatic carbocycles. The Morgan fingerprint density at radius 2 is 2.17 bits per heavy atom. The zero-order valence-electron chi connectivity index (χ0n) is 8.13. The molecule has 2 atom stereocenters. The molecule has 3 heteroatoms. The average Bonchev–Trinajstić information content (AvgIpc) is 2.19. The summed E-state index contributed by atoms with van der Waals surface area (Å²) in [6.07, 6.45) is 2.86. The topological polar surface area (TPSA) is 32.3 Å². The first kappa shape index (κ1) is 9.52. The van der Waals surface area contributed by atoms with Crippen molar-refractivity contribution in [2.45, 2.75) is 38.3 Å². The summed E-state index contributed by atoms with van der Waals surface area (Å²) in [5.41, 5.74) is 0. The molecule has 0 saturated carbocycles. The number of amides is 1. The van der Waals surface area contributed by atoms with Crippen LogP contribution in [0.4, 0.5) is 0 Å². The summed E-state index contributed by atoms with van der Waals surface area (Å²) in [6.45, 7) is 2.11. The van der Waals surface area contributed by atoms with Crippen LogP contribution < -0.4 is 5.32 Å². The molecule has 0 radical (unpaired) electrons. The van der Waals surface area contributed by atoms with E-state index in [4.69, 9.17) is 0 Å². The van der Waals surface area contributed by atoms with Gasteiger partial charge in [-0.05, 0) is 26.8 Å². The predicted molar refractivity (Wildman–Crippen MR) is 48.9 cm³/mol. The minimum atomic E-state index is 0.263. The fourth-order valence-electron chi connectivity index (χ4n) is 1.59. The van der Waals surface area contributed by atoms with Crippen LogP contribution in [0.2, 0.25) is 0 Å². The van der Waals surface area contributed by atoms with Gasteiger partial charge in [0.15, 0.2) is 0 Å². The third-order valence-electron chi connectivity index (χ3n) is 2.82. The van der Waals surface area contributed by atoms with Gasteiger partial charge in [0.2, 0.25) is 5.91 Å². The average molecular weight is 170 g/mol. The van der Waals surface area contributed by atoms with Gasteiger partial charge in [-0.3, -0.25) is 4.79 Å². The first-order valence-corrected chi connectivity index (χ1v) is 4.58. The molecule has 70 valence electrons. The molecule has 0 aromatic heterocycles. The smallest absolute Gasteiger partial charge is 0.224 e. The number of carbonyl (C=O) groups is 1. The van der Waals surface area contributed by atoms with Crippen molar-refractivity contribution in [3.8, 4) is 0 Å². The van der Waals surface area contributed by atoms with Crippen LogP contribution in [0.15, 0.2) is 0 Å². The lowest BCUT2D eigenvalue weighted by atomic mass is 10.1. The van der Waals surface area contributed by atoms with Gasteiger partial charge in [0.25, 0.3) is 0 Å². The molecule has 0 aromatic rings. The highest BCUT2D eigenvalue weighted by Crippen LogP contribution is 2.15. The minimum Gasteiger partial charge on any atom is -0.343 e. The minimum absolute atomic E-state index is 0.263. The first-order chi connectivity index (χ1) is 5.65. The van der Waals surface area contributed by atoms with Gasteiger partial charge < -0.3 is 10.2 Å². The Bertz CT molecular complexity index is 170. The number of likely N-dealkylation sites (tertiary alicyclic amines) is 1. The highest BCUT2D eigenvalue weighted by molar-refractivity contribution is 5.77. The van der Waals surface area contributed by atoms with Crippen LogP contribution in [0.1, 0.15) is 26.2 Å². The number of hydrogen-bond donors (Lipinski definition) is 1. The van der Waals surface area contributed by atoms with Crippen molar-refractivity contribution < 1.29 is 4.79 Å². The molecule has 12 heavy (non-hydrogen) atoms. The molecule has 0 aliphatic carbocycles. The van der Waals surface area contributed by atoms with E-state index < -0.39 is 0 Å². The highest BCUT2D eigenvalue weighted by atomic mass is 16.2. The molecular formula is C9H18N2O. The van der Waals surface area contributed by atoms with E-state index in [1.807, 2.05) is 19.0 Å². The number of nitrogens with zero attached hydrogens (tertiary/aromatic N) is 1. The second-order valence-electron chi connectivity index (χ2n) is 3.62. The molecule has 1 heterocycles. The maximum absolute atomic E-state index is 11.5. The van der Waals surface area contributed by atoms with Crippen LogP contribution in [-0.4, -0.2) is 37.0 Å². The van der Waals surface area contributed by atoms with Crippen LogP contribution in [0.25, 0.3) is 0 Å². The van der Waals surface area contributed by atoms with Crippen molar-refractivity contribution in [2.75, 3.05) is 14.1 Å².